The van der Waals surface area contributed by atoms with Crippen LogP contribution in [0, 0.1) is 5.92 Å². The number of nitrogens with zero attached hydrogens (tertiary/aromatic N) is 2. The monoisotopic (exact) mass is 526 g/mol. The summed E-state index contributed by atoms with van der Waals surface area (Å²) in [4.78, 5) is 52.2. The molecular weight excluding hydrogens is 484 g/mol. The Morgan fingerprint density at radius 1 is 0.974 bits per heavy atom. The number of anilines is 1. The van der Waals surface area contributed by atoms with E-state index in [1.54, 1.807) is 0 Å². The molecule has 9 nitrogen and oxygen atoms in total. The Labute approximate surface area is 225 Å². The number of esters is 1. The number of amides is 3. The molecule has 0 aromatic heterocycles. The second-order valence-electron chi connectivity index (χ2n) is 11.9. The van der Waals surface area contributed by atoms with Gasteiger partial charge in [0.25, 0.3) is 0 Å². The zero-order chi connectivity index (χ0) is 27.3. The highest BCUT2D eigenvalue weighted by atomic mass is 16.6. The van der Waals surface area contributed by atoms with E-state index in [2.05, 4.69) is 27.7 Å². The molecule has 0 aliphatic carbocycles. The molecule has 2 N–H and O–H groups in total. The SMILES string of the molecule is CC(C)(C)OC(=O)CC(=O)N1CCC(CN2CCC(c3ccc(NC4CCC(=O)NC4=O)cc3)CC2)CC1. The first kappa shape index (κ1) is 28.1. The van der Waals surface area contributed by atoms with Crippen LogP contribution in [0.5, 0.6) is 0 Å². The van der Waals surface area contributed by atoms with Crippen LogP contribution < -0.4 is 10.6 Å². The highest BCUT2D eigenvalue weighted by Gasteiger charge is 2.29. The number of rotatable bonds is 7. The van der Waals surface area contributed by atoms with Gasteiger partial charge in [-0.3, -0.25) is 24.5 Å². The van der Waals surface area contributed by atoms with Crippen LogP contribution in [0.4, 0.5) is 5.69 Å². The summed E-state index contributed by atoms with van der Waals surface area (Å²) in [7, 11) is 0. The van der Waals surface area contributed by atoms with Crippen molar-refractivity contribution in [3.8, 4) is 0 Å². The molecule has 4 rings (SSSR count). The molecular formula is C29H42N4O5. The number of benzene rings is 1. The molecule has 3 aliphatic rings. The van der Waals surface area contributed by atoms with Crippen LogP contribution in [0.1, 0.15) is 77.2 Å². The van der Waals surface area contributed by atoms with E-state index in [0.717, 1.165) is 51.0 Å². The molecule has 1 aromatic rings. The van der Waals surface area contributed by atoms with E-state index >= 15 is 0 Å². The van der Waals surface area contributed by atoms with E-state index in [1.807, 2.05) is 37.8 Å². The summed E-state index contributed by atoms with van der Waals surface area (Å²) in [6, 6.07) is 8.00. The van der Waals surface area contributed by atoms with Crippen molar-refractivity contribution in [2.75, 3.05) is 38.0 Å². The maximum atomic E-state index is 12.5. The molecule has 1 unspecified atom stereocenters. The van der Waals surface area contributed by atoms with Gasteiger partial charge in [-0.1, -0.05) is 12.1 Å². The fourth-order valence-electron chi connectivity index (χ4n) is 5.68. The minimum Gasteiger partial charge on any atom is -0.460 e. The molecule has 3 amide bonds. The maximum Gasteiger partial charge on any atom is 0.315 e. The van der Waals surface area contributed by atoms with E-state index in [4.69, 9.17) is 4.74 Å². The number of carbonyl (C=O) groups excluding carboxylic acids is 4. The van der Waals surface area contributed by atoms with Gasteiger partial charge in [0.05, 0.1) is 0 Å². The first-order valence-corrected chi connectivity index (χ1v) is 14.0. The minimum absolute atomic E-state index is 0.128. The van der Waals surface area contributed by atoms with Gasteiger partial charge in [-0.05, 0) is 95.5 Å². The van der Waals surface area contributed by atoms with Gasteiger partial charge in [0, 0.05) is 31.7 Å². The Morgan fingerprint density at radius 2 is 1.63 bits per heavy atom. The van der Waals surface area contributed by atoms with Gasteiger partial charge in [0.15, 0.2) is 0 Å². The second-order valence-corrected chi connectivity index (χ2v) is 11.9. The molecule has 3 saturated heterocycles. The van der Waals surface area contributed by atoms with Crippen molar-refractivity contribution in [2.24, 2.45) is 5.92 Å². The fourth-order valence-corrected chi connectivity index (χ4v) is 5.68. The first-order valence-electron chi connectivity index (χ1n) is 14.0. The fraction of sp³-hybridized carbons (Fsp3) is 0.655. The topological polar surface area (TPSA) is 108 Å². The molecule has 0 saturated carbocycles. The number of imide groups is 1. The Balaban J connectivity index is 1.15. The van der Waals surface area contributed by atoms with E-state index in [1.165, 1.54) is 5.56 Å². The third-order valence-corrected chi connectivity index (χ3v) is 7.75. The average molecular weight is 527 g/mol. The third-order valence-electron chi connectivity index (χ3n) is 7.75. The van der Waals surface area contributed by atoms with E-state index in [-0.39, 0.29) is 30.2 Å². The quantitative estimate of drug-likeness (QED) is 0.319. The molecule has 3 fully saturated rings. The summed E-state index contributed by atoms with van der Waals surface area (Å²) < 4.78 is 5.28. The van der Waals surface area contributed by atoms with Crippen molar-refractivity contribution in [3.63, 3.8) is 0 Å². The van der Waals surface area contributed by atoms with Crippen molar-refractivity contribution >= 4 is 29.4 Å². The standard InChI is InChI=1S/C29H42N4O5/c1-29(2,3)38-27(36)18-26(35)33-16-10-20(11-17-33)19-32-14-12-22(13-15-32)21-4-6-23(7-5-21)30-24-8-9-25(34)31-28(24)37/h4-7,20,22,24,30H,8-19H2,1-3H3,(H,31,34,37). The summed E-state index contributed by atoms with van der Waals surface area (Å²) in [6.45, 7) is 10.0. The van der Waals surface area contributed by atoms with E-state index in [9.17, 15) is 19.2 Å². The molecule has 38 heavy (non-hydrogen) atoms. The normalized spacial score (nSPS) is 22.2. The molecule has 1 atom stereocenters. The summed E-state index contributed by atoms with van der Waals surface area (Å²) >= 11 is 0. The number of carbonyl (C=O) groups is 4. The zero-order valence-electron chi connectivity index (χ0n) is 23.0. The number of hydrogen-bond donors (Lipinski definition) is 2. The van der Waals surface area contributed by atoms with Crippen LogP contribution in [0.2, 0.25) is 0 Å². The van der Waals surface area contributed by atoms with Crippen LogP contribution in [0.15, 0.2) is 24.3 Å². The number of nitrogens with one attached hydrogen (secondary N) is 2. The maximum absolute atomic E-state index is 12.5. The zero-order valence-corrected chi connectivity index (χ0v) is 23.0. The Morgan fingerprint density at radius 3 is 2.24 bits per heavy atom. The number of piperidine rings is 3. The van der Waals surface area contributed by atoms with E-state index < -0.39 is 11.6 Å². The Kier molecular flexibility index (Phi) is 9.07. The van der Waals surface area contributed by atoms with Crippen LogP contribution >= 0.6 is 0 Å². The van der Waals surface area contributed by atoms with Crippen LogP contribution in [-0.2, 0) is 23.9 Å². The molecule has 0 spiro atoms. The summed E-state index contributed by atoms with van der Waals surface area (Å²) in [5.41, 5.74) is 1.66. The predicted molar refractivity (Wildman–Crippen MR) is 144 cm³/mol. The van der Waals surface area contributed by atoms with Gasteiger partial charge < -0.3 is 19.9 Å². The lowest BCUT2D eigenvalue weighted by Crippen LogP contribution is -2.47. The molecule has 3 aliphatic heterocycles. The molecule has 1 aromatic carbocycles. The molecule has 3 heterocycles. The number of likely N-dealkylation sites (tertiary alicyclic amines) is 2. The average Bonchev–Trinajstić information content (AvgIpc) is 2.86. The van der Waals surface area contributed by atoms with Crippen LogP contribution in [0.25, 0.3) is 0 Å². The summed E-state index contributed by atoms with van der Waals surface area (Å²) in [5, 5.41) is 5.63. The second kappa shape index (κ2) is 12.3. The first-order chi connectivity index (χ1) is 18.1. The van der Waals surface area contributed by atoms with Crippen molar-refractivity contribution in [1.29, 1.82) is 0 Å². The Hall–Kier alpha value is -2.94. The lowest BCUT2D eigenvalue weighted by Gasteiger charge is -2.38. The van der Waals surface area contributed by atoms with Gasteiger partial charge in [-0.15, -0.1) is 0 Å². The van der Waals surface area contributed by atoms with Crippen molar-refractivity contribution in [1.82, 2.24) is 15.1 Å². The van der Waals surface area contributed by atoms with Crippen molar-refractivity contribution in [2.45, 2.75) is 83.3 Å². The highest BCUT2D eigenvalue weighted by molar-refractivity contribution is 6.01. The van der Waals surface area contributed by atoms with Gasteiger partial charge >= 0.3 is 5.97 Å². The third kappa shape index (κ3) is 8.03. The summed E-state index contributed by atoms with van der Waals surface area (Å²) in [6.07, 6.45) is 4.89. The Bertz CT molecular complexity index is 1000. The van der Waals surface area contributed by atoms with E-state index in [0.29, 0.717) is 37.8 Å². The largest absolute Gasteiger partial charge is 0.460 e. The van der Waals surface area contributed by atoms with Crippen LogP contribution in [-0.4, -0.2) is 77.9 Å². The van der Waals surface area contributed by atoms with Gasteiger partial charge in [-0.2, -0.15) is 0 Å². The molecule has 9 heteroatoms. The minimum atomic E-state index is -0.573. The number of ether oxygens (including phenoxy) is 1. The lowest BCUT2D eigenvalue weighted by molar-refractivity contribution is -0.158. The van der Waals surface area contributed by atoms with Gasteiger partial charge in [0.2, 0.25) is 17.7 Å². The van der Waals surface area contributed by atoms with Crippen molar-refractivity contribution in [3.05, 3.63) is 29.8 Å². The number of hydrogen-bond acceptors (Lipinski definition) is 7. The van der Waals surface area contributed by atoms with Gasteiger partial charge in [0.1, 0.15) is 18.1 Å². The lowest BCUT2D eigenvalue weighted by atomic mass is 9.88. The van der Waals surface area contributed by atoms with Crippen LogP contribution in [0.3, 0.4) is 0 Å². The van der Waals surface area contributed by atoms with Crippen molar-refractivity contribution < 1.29 is 23.9 Å². The highest BCUT2D eigenvalue weighted by Crippen LogP contribution is 2.30. The summed E-state index contributed by atoms with van der Waals surface area (Å²) in [5.74, 6) is 0.0731. The molecule has 208 valence electrons. The van der Waals surface area contributed by atoms with Gasteiger partial charge in [-0.25, -0.2) is 0 Å². The smallest absolute Gasteiger partial charge is 0.315 e. The predicted octanol–water partition coefficient (Wildman–Crippen LogP) is 3.05. The molecule has 0 radical (unpaired) electrons. The molecule has 0 bridgehead atoms.